The molecule has 2 heterocycles. The van der Waals surface area contributed by atoms with Crippen LogP contribution in [-0.4, -0.2) is 61.5 Å². The maximum atomic E-state index is 13.4. The van der Waals surface area contributed by atoms with Crippen molar-refractivity contribution in [3.8, 4) is 0 Å². The number of ether oxygens (including phenoxy) is 1. The third kappa shape index (κ3) is 4.29. The first-order valence-electron chi connectivity index (χ1n) is 11.0. The van der Waals surface area contributed by atoms with Crippen LogP contribution in [-0.2, 0) is 14.3 Å². The van der Waals surface area contributed by atoms with Gasteiger partial charge in [0.15, 0.2) is 0 Å². The molecule has 0 spiro atoms. The van der Waals surface area contributed by atoms with Gasteiger partial charge in [-0.15, -0.1) is 0 Å². The SMILES string of the molecule is COC1CC(C)C2NC3CCN(CC(=O)Nc4ccc(F)c(C)c4)CC3C(=O)C2C1. The van der Waals surface area contributed by atoms with Crippen molar-refractivity contribution >= 4 is 17.4 Å². The molecule has 0 aromatic heterocycles. The van der Waals surface area contributed by atoms with Crippen LogP contribution in [0.4, 0.5) is 10.1 Å². The van der Waals surface area contributed by atoms with E-state index in [-0.39, 0.29) is 48.3 Å². The zero-order valence-corrected chi connectivity index (χ0v) is 18.0. The molecule has 6 atom stereocenters. The number of hydrogen-bond donors (Lipinski definition) is 2. The first-order chi connectivity index (χ1) is 14.4. The number of Topliss-reactive ketones (excluding diaryl/α,β-unsaturated/α-hetero) is 1. The van der Waals surface area contributed by atoms with Crippen molar-refractivity contribution in [1.82, 2.24) is 10.2 Å². The maximum Gasteiger partial charge on any atom is 0.238 e. The summed E-state index contributed by atoms with van der Waals surface area (Å²) in [5, 5.41) is 6.61. The van der Waals surface area contributed by atoms with Crippen LogP contribution < -0.4 is 10.6 Å². The van der Waals surface area contributed by atoms with Crippen molar-refractivity contribution in [3.05, 3.63) is 29.6 Å². The zero-order valence-electron chi connectivity index (χ0n) is 18.0. The molecule has 2 N–H and O–H groups in total. The number of ketones is 1. The fourth-order valence-electron chi connectivity index (χ4n) is 5.55. The lowest BCUT2D eigenvalue weighted by molar-refractivity contribution is -0.140. The molecular formula is C23H32FN3O3. The first kappa shape index (κ1) is 21.4. The van der Waals surface area contributed by atoms with Crippen molar-refractivity contribution in [3.63, 3.8) is 0 Å². The molecule has 1 aliphatic carbocycles. The Labute approximate surface area is 177 Å². The van der Waals surface area contributed by atoms with E-state index < -0.39 is 0 Å². The number of halogens is 1. The molecule has 30 heavy (non-hydrogen) atoms. The Morgan fingerprint density at radius 3 is 2.87 bits per heavy atom. The minimum atomic E-state index is -0.288. The molecule has 6 unspecified atom stereocenters. The van der Waals surface area contributed by atoms with E-state index in [1.54, 1.807) is 26.2 Å². The van der Waals surface area contributed by atoms with E-state index in [1.807, 2.05) is 0 Å². The first-order valence-corrected chi connectivity index (χ1v) is 11.0. The second kappa shape index (κ2) is 8.73. The number of likely N-dealkylation sites (tertiary alicyclic amines) is 1. The highest BCUT2D eigenvalue weighted by Crippen LogP contribution is 2.39. The van der Waals surface area contributed by atoms with Crippen molar-refractivity contribution in [2.75, 3.05) is 32.1 Å². The Kier molecular flexibility index (Phi) is 6.23. The molecule has 3 fully saturated rings. The Hall–Kier alpha value is -1.83. The van der Waals surface area contributed by atoms with Gasteiger partial charge < -0.3 is 15.4 Å². The van der Waals surface area contributed by atoms with E-state index in [0.717, 1.165) is 25.8 Å². The van der Waals surface area contributed by atoms with E-state index in [4.69, 9.17) is 4.74 Å². The number of fused-ring (bicyclic) bond motifs is 2. The zero-order chi connectivity index (χ0) is 21.4. The number of anilines is 1. The van der Waals surface area contributed by atoms with E-state index >= 15 is 0 Å². The van der Waals surface area contributed by atoms with Gasteiger partial charge in [-0.1, -0.05) is 6.92 Å². The van der Waals surface area contributed by atoms with Gasteiger partial charge in [-0.2, -0.15) is 0 Å². The summed E-state index contributed by atoms with van der Waals surface area (Å²) in [4.78, 5) is 27.9. The van der Waals surface area contributed by atoms with Crippen molar-refractivity contribution in [1.29, 1.82) is 0 Å². The smallest absolute Gasteiger partial charge is 0.238 e. The summed E-state index contributed by atoms with van der Waals surface area (Å²) < 4.78 is 19.0. The third-order valence-electron chi connectivity index (χ3n) is 7.17. The molecule has 1 amide bonds. The molecule has 164 valence electrons. The predicted molar refractivity (Wildman–Crippen MR) is 113 cm³/mol. The predicted octanol–water partition coefficient (Wildman–Crippen LogP) is 2.37. The molecule has 7 heteroatoms. The Balaban J connectivity index is 1.37. The largest absolute Gasteiger partial charge is 0.381 e. The summed E-state index contributed by atoms with van der Waals surface area (Å²) in [7, 11) is 1.73. The highest BCUT2D eigenvalue weighted by atomic mass is 19.1. The van der Waals surface area contributed by atoms with Gasteiger partial charge in [0.05, 0.1) is 12.6 Å². The Morgan fingerprint density at radius 2 is 2.13 bits per heavy atom. The summed E-state index contributed by atoms with van der Waals surface area (Å²) in [6.45, 7) is 5.49. The topological polar surface area (TPSA) is 70.7 Å². The molecule has 4 rings (SSSR count). The highest BCUT2D eigenvalue weighted by Gasteiger charge is 2.49. The number of benzene rings is 1. The molecule has 1 saturated carbocycles. The second-order valence-electron chi connectivity index (χ2n) is 9.26. The van der Waals surface area contributed by atoms with E-state index in [1.165, 1.54) is 6.07 Å². The summed E-state index contributed by atoms with van der Waals surface area (Å²) >= 11 is 0. The molecule has 0 bridgehead atoms. The van der Waals surface area contributed by atoms with Crippen molar-refractivity contribution < 1.29 is 18.7 Å². The lowest BCUT2D eigenvalue weighted by atomic mass is 9.66. The lowest BCUT2D eigenvalue weighted by Crippen LogP contribution is -2.66. The maximum absolute atomic E-state index is 13.4. The number of carbonyl (C=O) groups is 2. The monoisotopic (exact) mass is 417 g/mol. The fourth-order valence-corrected chi connectivity index (χ4v) is 5.55. The van der Waals surface area contributed by atoms with Crippen LogP contribution in [0.2, 0.25) is 0 Å². The number of nitrogens with one attached hydrogen (secondary N) is 2. The quantitative estimate of drug-likeness (QED) is 0.787. The van der Waals surface area contributed by atoms with Gasteiger partial charge in [-0.05, 0) is 55.9 Å². The number of hydrogen-bond acceptors (Lipinski definition) is 5. The third-order valence-corrected chi connectivity index (χ3v) is 7.17. The van der Waals surface area contributed by atoms with Gasteiger partial charge in [-0.25, -0.2) is 4.39 Å². The van der Waals surface area contributed by atoms with Gasteiger partial charge in [0.1, 0.15) is 11.6 Å². The van der Waals surface area contributed by atoms with E-state index in [9.17, 15) is 14.0 Å². The summed E-state index contributed by atoms with van der Waals surface area (Å²) in [6, 6.07) is 4.99. The summed E-state index contributed by atoms with van der Waals surface area (Å²) in [6.07, 6.45) is 2.78. The average Bonchev–Trinajstić information content (AvgIpc) is 2.72. The minimum absolute atomic E-state index is 0.00378. The molecule has 3 aliphatic rings. The molecule has 6 nitrogen and oxygen atoms in total. The molecule has 2 saturated heterocycles. The van der Waals surface area contributed by atoms with Gasteiger partial charge in [0, 0.05) is 49.8 Å². The van der Waals surface area contributed by atoms with E-state index in [2.05, 4.69) is 22.5 Å². The number of methoxy groups -OCH3 is 1. The van der Waals surface area contributed by atoms with Crippen LogP contribution in [0.25, 0.3) is 0 Å². The second-order valence-corrected chi connectivity index (χ2v) is 9.26. The van der Waals surface area contributed by atoms with Crippen LogP contribution in [0.1, 0.15) is 31.7 Å². The number of amides is 1. The average molecular weight is 418 g/mol. The summed E-state index contributed by atoms with van der Waals surface area (Å²) in [5.41, 5.74) is 1.09. The van der Waals surface area contributed by atoms with Crippen molar-refractivity contribution in [2.24, 2.45) is 17.8 Å². The van der Waals surface area contributed by atoms with Crippen LogP contribution in [0.5, 0.6) is 0 Å². The number of aryl methyl sites for hydroxylation is 1. The van der Waals surface area contributed by atoms with Gasteiger partial charge >= 0.3 is 0 Å². The number of piperidine rings is 2. The molecule has 1 aromatic carbocycles. The standard InChI is InChI=1S/C23H32FN3O3/c1-13-8-15(4-5-19(13)24)25-21(28)12-27-7-6-20-18(11-27)23(29)17-10-16(30-3)9-14(2)22(17)26-20/h4-5,8,14,16-18,20,22,26H,6-7,9-12H2,1-3H3,(H,25,28). The summed E-state index contributed by atoms with van der Waals surface area (Å²) in [5.74, 6) is 0.237. The van der Waals surface area contributed by atoms with Gasteiger partial charge in [0.2, 0.25) is 5.91 Å². The van der Waals surface area contributed by atoms with Crippen LogP contribution in [0.3, 0.4) is 0 Å². The molecule has 1 aromatic rings. The highest BCUT2D eigenvalue weighted by molar-refractivity contribution is 5.92. The van der Waals surface area contributed by atoms with Crippen LogP contribution in [0.15, 0.2) is 18.2 Å². The molecular weight excluding hydrogens is 385 g/mol. The number of rotatable bonds is 4. The van der Waals surface area contributed by atoms with Crippen LogP contribution >= 0.6 is 0 Å². The van der Waals surface area contributed by atoms with Gasteiger partial charge in [-0.3, -0.25) is 14.5 Å². The Bertz CT molecular complexity index is 817. The van der Waals surface area contributed by atoms with Crippen molar-refractivity contribution in [2.45, 2.75) is 51.3 Å². The number of carbonyl (C=O) groups excluding carboxylic acids is 2. The molecule has 0 radical (unpaired) electrons. The van der Waals surface area contributed by atoms with Gasteiger partial charge in [0.25, 0.3) is 0 Å². The van der Waals surface area contributed by atoms with Crippen LogP contribution in [0, 0.1) is 30.5 Å². The fraction of sp³-hybridized carbons (Fsp3) is 0.652. The number of nitrogens with zero attached hydrogens (tertiary/aromatic N) is 1. The molecule has 2 aliphatic heterocycles. The normalized spacial score (nSPS) is 34.2. The van der Waals surface area contributed by atoms with E-state index in [0.29, 0.717) is 29.5 Å². The minimum Gasteiger partial charge on any atom is -0.381 e. The lowest BCUT2D eigenvalue weighted by Gasteiger charge is -2.51. The Morgan fingerprint density at radius 1 is 1.33 bits per heavy atom.